The Balaban J connectivity index is 2.75. The first-order valence-corrected chi connectivity index (χ1v) is 6.31. The molecule has 0 aliphatic carbocycles. The first-order chi connectivity index (χ1) is 7.91. The summed E-state index contributed by atoms with van der Waals surface area (Å²) in [4.78, 5) is 12.6. The fourth-order valence-electron chi connectivity index (χ4n) is 1.23. The van der Waals surface area contributed by atoms with Gasteiger partial charge in [0.05, 0.1) is 5.75 Å². The van der Waals surface area contributed by atoms with Crippen LogP contribution in [-0.4, -0.2) is 56.6 Å². The van der Waals surface area contributed by atoms with Crippen LogP contribution < -0.4 is 0 Å². The maximum atomic E-state index is 10.5. The summed E-state index contributed by atoms with van der Waals surface area (Å²) in [6.45, 7) is 4.74. The van der Waals surface area contributed by atoms with E-state index >= 15 is 0 Å². The molecule has 0 bridgehead atoms. The molecule has 1 rings (SSSR count). The lowest BCUT2D eigenvalue weighted by Gasteiger charge is -2.21. The van der Waals surface area contributed by atoms with E-state index in [0.717, 1.165) is 12.4 Å². The van der Waals surface area contributed by atoms with Crippen molar-refractivity contribution in [1.29, 1.82) is 0 Å². The molecule has 0 fully saturated rings. The maximum Gasteiger partial charge on any atom is 0.313 e. The van der Waals surface area contributed by atoms with Gasteiger partial charge in [0.2, 0.25) is 0 Å². The Morgan fingerprint density at radius 3 is 2.71 bits per heavy atom. The maximum absolute atomic E-state index is 10.5. The van der Waals surface area contributed by atoms with Crippen LogP contribution in [0, 0.1) is 6.92 Å². The number of carboxylic acid groups (broad SMARTS) is 1. The van der Waals surface area contributed by atoms with Crippen LogP contribution in [0.15, 0.2) is 5.16 Å². The van der Waals surface area contributed by atoms with Crippen LogP contribution in [-0.2, 0) is 11.3 Å². The Hall–Kier alpha value is -1.08. The van der Waals surface area contributed by atoms with Crippen LogP contribution in [0.5, 0.6) is 0 Å². The monoisotopic (exact) mass is 258 g/mol. The SMILES string of the molecule is Cc1nnc(SCC(=O)O)n1CC(C)N(C)C. The molecule has 0 radical (unpaired) electrons. The lowest BCUT2D eigenvalue weighted by molar-refractivity contribution is -0.133. The van der Waals surface area contributed by atoms with E-state index in [1.165, 1.54) is 11.8 Å². The molecule has 1 aromatic heterocycles. The number of thioether (sulfide) groups is 1. The van der Waals surface area contributed by atoms with Gasteiger partial charge in [-0.3, -0.25) is 4.79 Å². The highest BCUT2D eigenvalue weighted by atomic mass is 32.2. The van der Waals surface area contributed by atoms with Crippen molar-refractivity contribution in [2.24, 2.45) is 0 Å². The van der Waals surface area contributed by atoms with Crippen molar-refractivity contribution in [2.75, 3.05) is 19.8 Å². The minimum atomic E-state index is -0.845. The largest absolute Gasteiger partial charge is 0.481 e. The zero-order chi connectivity index (χ0) is 13.0. The van der Waals surface area contributed by atoms with Gasteiger partial charge in [0.1, 0.15) is 5.82 Å². The van der Waals surface area contributed by atoms with Crippen LogP contribution in [0.4, 0.5) is 0 Å². The highest BCUT2D eigenvalue weighted by Gasteiger charge is 2.14. The van der Waals surface area contributed by atoms with Crippen molar-refractivity contribution in [3.63, 3.8) is 0 Å². The van der Waals surface area contributed by atoms with Crippen molar-refractivity contribution in [3.8, 4) is 0 Å². The minimum absolute atomic E-state index is 0.00841. The second-order valence-corrected chi connectivity index (χ2v) is 5.08. The standard InChI is InChI=1S/C10H18N4O2S/c1-7(13(3)4)5-14-8(2)11-12-10(14)17-6-9(15)16/h7H,5-6H2,1-4H3,(H,15,16). The number of carbonyl (C=O) groups is 1. The predicted molar refractivity (Wildman–Crippen MR) is 66.3 cm³/mol. The molecule has 0 spiro atoms. The van der Waals surface area contributed by atoms with Crippen molar-refractivity contribution in [2.45, 2.75) is 31.6 Å². The number of aromatic nitrogens is 3. The van der Waals surface area contributed by atoms with Gasteiger partial charge in [0.15, 0.2) is 5.16 Å². The summed E-state index contributed by atoms with van der Waals surface area (Å²) in [5.41, 5.74) is 0. The highest BCUT2D eigenvalue weighted by molar-refractivity contribution is 7.99. The van der Waals surface area contributed by atoms with Crippen molar-refractivity contribution in [1.82, 2.24) is 19.7 Å². The molecule has 1 aromatic rings. The summed E-state index contributed by atoms with van der Waals surface area (Å²) >= 11 is 1.20. The first kappa shape index (κ1) is 14.0. The molecule has 17 heavy (non-hydrogen) atoms. The van der Waals surface area contributed by atoms with Gasteiger partial charge in [-0.1, -0.05) is 11.8 Å². The quantitative estimate of drug-likeness (QED) is 0.758. The molecule has 0 saturated heterocycles. The number of aryl methyl sites for hydroxylation is 1. The van der Waals surface area contributed by atoms with Gasteiger partial charge in [-0.2, -0.15) is 0 Å². The van der Waals surface area contributed by atoms with E-state index in [9.17, 15) is 4.79 Å². The molecule has 1 heterocycles. The zero-order valence-corrected chi connectivity index (χ0v) is 11.4. The van der Waals surface area contributed by atoms with E-state index in [1.54, 1.807) is 0 Å². The number of hydrogen-bond donors (Lipinski definition) is 1. The smallest absolute Gasteiger partial charge is 0.313 e. The molecular formula is C10H18N4O2S. The number of hydrogen-bond acceptors (Lipinski definition) is 5. The summed E-state index contributed by atoms with van der Waals surface area (Å²) in [5.74, 6) is -0.0245. The Morgan fingerprint density at radius 1 is 1.53 bits per heavy atom. The van der Waals surface area contributed by atoms with Crippen LogP contribution in [0.25, 0.3) is 0 Å². The molecule has 1 atom stereocenters. The molecular weight excluding hydrogens is 240 g/mol. The van der Waals surface area contributed by atoms with Gasteiger partial charge in [-0.15, -0.1) is 10.2 Å². The topological polar surface area (TPSA) is 71.2 Å². The Kier molecular flexibility index (Phi) is 4.95. The fourth-order valence-corrected chi connectivity index (χ4v) is 1.95. The third-order valence-electron chi connectivity index (χ3n) is 2.55. The Morgan fingerprint density at radius 2 is 2.18 bits per heavy atom. The summed E-state index contributed by atoms with van der Waals surface area (Å²) in [6, 6.07) is 0.342. The molecule has 0 amide bonds. The average Bonchev–Trinajstić information content (AvgIpc) is 2.57. The van der Waals surface area contributed by atoms with E-state index < -0.39 is 5.97 Å². The summed E-state index contributed by atoms with van der Waals surface area (Å²) in [6.07, 6.45) is 0. The molecule has 0 saturated carbocycles. The second-order valence-electron chi connectivity index (χ2n) is 4.14. The zero-order valence-electron chi connectivity index (χ0n) is 10.5. The van der Waals surface area contributed by atoms with Gasteiger partial charge in [0, 0.05) is 12.6 Å². The van der Waals surface area contributed by atoms with Gasteiger partial charge in [-0.05, 0) is 27.9 Å². The number of aliphatic carboxylic acids is 1. The lowest BCUT2D eigenvalue weighted by Crippen LogP contribution is -2.29. The van der Waals surface area contributed by atoms with E-state index in [2.05, 4.69) is 22.0 Å². The minimum Gasteiger partial charge on any atom is -0.481 e. The highest BCUT2D eigenvalue weighted by Crippen LogP contribution is 2.17. The van der Waals surface area contributed by atoms with Gasteiger partial charge in [-0.25, -0.2) is 0 Å². The van der Waals surface area contributed by atoms with E-state index in [1.807, 2.05) is 25.6 Å². The van der Waals surface area contributed by atoms with E-state index in [-0.39, 0.29) is 5.75 Å². The first-order valence-electron chi connectivity index (χ1n) is 5.32. The summed E-state index contributed by atoms with van der Waals surface area (Å²) < 4.78 is 1.96. The molecule has 7 heteroatoms. The number of nitrogens with zero attached hydrogens (tertiary/aromatic N) is 4. The van der Waals surface area contributed by atoms with E-state index in [0.29, 0.717) is 11.2 Å². The molecule has 0 aliphatic rings. The lowest BCUT2D eigenvalue weighted by atomic mass is 10.3. The number of carboxylic acids is 1. The Labute approximate surface area is 105 Å². The summed E-state index contributed by atoms with van der Waals surface area (Å²) in [7, 11) is 4.02. The van der Waals surface area contributed by atoms with Crippen LogP contribution in [0.3, 0.4) is 0 Å². The van der Waals surface area contributed by atoms with Gasteiger partial charge in [0.25, 0.3) is 0 Å². The molecule has 0 aliphatic heterocycles. The normalized spacial score (nSPS) is 13.0. The van der Waals surface area contributed by atoms with E-state index in [4.69, 9.17) is 5.11 Å². The molecule has 96 valence electrons. The number of likely N-dealkylation sites (N-methyl/N-ethyl adjacent to an activating group) is 1. The molecule has 6 nitrogen and oxygen atoms in total. The average molecular weight is 258 g/mol. The molecule has 0 aromatic carbocycles. The third-order valence-corrected chi connectivity index (χ3v) is 3.51. The Bertz CT molecular complexity index is 392. The van der Waals surface area contributed by atoms with Crippen LogP contribution in [0.2, 0.25) is 0 Å². The van der Waals surface area contributed by atoms with Crippen molar-refractivity contribution in [3.05, 3.63) is 5.82 Å². The predicted octanol–water partition coefficient (Wildman–Crippen LogP) is 0.713. The van der Waals surface area contributed by atoms with Gasteiger partial charge >= 0.3 is 5.97 Å². The second kappa shape index (κ2) is 6.02. The van der Waals surface area contributed by atoms with Crippen LogP contribution in [0.1, 0.15) is 12.7 Å². The third kappa shape index (κ3) is 4.01. The fraction of sp³-hybridized carbons (Fsp3) is 0.700. The molecule has 1 N–H and O–H groups in total. The molecule has 1 unspecified atom stereocenters. The van der Waals surface area contributed by atoms with Crippen molar-refractivity contribution < 1.29 is 9.90 Å². The number of rotatable bonds is 6. The summed E-state index contributed by atoms with van der Waals surface area (Å²) in [5, 5.41) is 17.3. The van der Waals surface area contributed by atoms with Gasteiger partial charge < -0.3 is 14.6 Å². The van der Waals surface area contributed by atoms with Crippen LogP contribution >= 0.6 is 11.8 Å². The van der Waals surface area contributed by atoms with Crippen molar-refractivity contribution >= 4 is 17.7 Å².